The van der Waals surface area contributed by atoms with E-state index < -0.39 is 0 Å². The van der Waals surface area contributed by atoms with E-state index in [1.165, 1.54) is 6.20 Å². The van der Waals surface area contributed by atoms with Gasteiger partial charge in [0.05, 0.1) is 17.5 Å². The summed E-state index contributed by atoms with van der Waals surface area (Å²) < 4.78 is 0.955. The van der Waals surface area contributed by atoms with Crippen molar-refractivity contribution in [1.29, 1.82) is 5.26 Å². The molecule has 4 rings (SSSR count). The lowest BCUT2D eigenvalue weighted by Gasteiger charge is -2.32. The number of nitrogens with zero attached hydrogens (tertiary/aromatic N) is 8. The van der Waals surface area contributed by atoms with Crippen LogP contribution in [0.1, 0.15) is 18.3 Å². The lowest BCUT2D eigenvalue weighted by Crippen LogP contribution is -2.45. The Labute approximate surface area is 189 Å². The predicted molar refractivity (Wildman–Crippen MR) is 122 cm³/mol. The second kappa shape index (κ2) is 9.32. The van der Waals surface area contributed by atoms with E-state index in [0.717, 1.165) is 36.2 Å². The Morgan fingerprint density at radius 2 is 1.77 bits per heavy atom. The molecule has 10 heteroatoms. The number of benzene rings is 1. The van der Waals surface area contributed by atoms with E-state index >= 15 is 0 Å². The molecule has 1 aliphatic rings. The summed E-state index contributed by atoms with van der Waals surface area (Å²) in [5.41, 5.74) is 1.78. The molecule has 0 bridgehead atoms. The zero-order chi connectivity index (χ0) is 21.8. The van der Waals surface area contributed by atoms with Gasteiger partial charge in [0.15, 0.2) is 0 Å². The second-order valence-corrected chi connectivity index (χ2v) is 8.13. The number of aromatic nitrogens is 5. The normalized spacial score (nSPS) is 14.3. The number of rotatable bonds is 5. The zero-order valence-corrected chi connectivity index (χ0v) is 19.0. The summed E-state index contributed by atoms with van der Waals surface area (Å²) in [6, 6.07) is 9.78. The molecule has 3 aromatic rings. The van der Waals surface area contributed by atoms with Crippen LogP contribution >= 0.6 is 15.9 Å². The highest BCUT2D eigenvalue weighted by Gasteiger charge is 2.19. The highest BCUT2D eigenvalue weighted by Crippen LogP contribution is 2.24. The Hall–Kier alpha value is -3.16. The van der Waals surface area contributed by atoms with Gasteiger partial charge in [-0.3, -0.25) is 5.32 Å². The maximum Gasteiger partial charge on any atom is 0.234 e. The number of hydrogen-bond donors (Lipinski definition) is 1. The van der Waals surface area contributed by atoms with Gasteiger partial charge in [0.1, 0.15) is 11.9 Å². The van der Waals surface area contributed by atoms with Crippen molar-refractivity contribution in [3.8, 4) is 17.3 Å². The van der Waals surface area contributed by atoms with Gasteiger partial charge in [0, 0.05) is 42.6 Å². The van der Waals surface area contributed by atoms with Gasteiger partial charge < -0.3 is 9.80 Å². The first kappa shape index (κ1) is 21.1. The highest BCUT2D eigenvalue weighted by molar-refractivity contribution is 9.10. The van der Waals surface area contributed by atoms with Crippen LogP contribution in [0.15, 0.2) is 34.9 Å². The molecular weight excluding hydrogens is 458 g/mol. The van der Waals surface area contributed by atoms with Crippen molar-refractivity contribution in [2.24, 2.45) is 0 Å². The number of halogens is 1. The van der Waals surface area contributed by atoms with Crippen molar-refractivity contribution in [3.63, 3.8) is 0 Å². The molecule has 1 saturated heterocycles. The van der Waals surface area contributed by atoms with Crippen molar-refractivity contribution in [3.05, 3.63) is 46.3 Å². The molecule has 1 N–H and O–H groups in total. The van der Waals surface area contributed by atoms with Crippen molar-refractivity contribution < 1.29 is 0 Å². The molecule has 158 valence electrons. The number of piperazine rings is 1. The minimum absolute atomic E-state index is 0.328. The summed E-state index contributed by atoms with van der Waals surface area (Å²) in [4.78, 5) is 27.0. The largest absolute Gasteiger partial charge is 0.338 e. The zero-order valence-electron chi connectivity index (χ0n) is 17.4. The number of aryl methyl sites for hydroxylation is 1. The molecule has 0 atom stereocenters. The molecule has 0 spiro atoms. The third-order valence-electron chi connectivity index (χ3n) is 5.02. The Morgan fingerprint density at radius 1 is 1.03 bits per heavy atom. The van der Waals surface area contributed by atoms with E-state index in [2.05, 4.69) is 69.1 Å². The molecule has 2 aromatic heterocycles. The number of hydrogen-bond acceptors (Lipinski definition) is 9. The molecule has 3 heterocycles. The van der Waals surface area contributed by atoms with Gasteiger partial charge in [-0.15, -0.1) is 0 Å². The first-order valence-electron chi connectivity index (χ1n) is 10.0. The summed E-state index contributed by atoms with van der Waals surface area (Å²) in [6.07, 6.45) is 2.20. The standard InChI is InChI=1S/C21H22BrN9/c1-3-17-25-20(29-21(26-17)31-10-8-30(2)9-11-31)28-19-24-13-15(12-23)18(27-19)14-4-6-16(22)7-5-14/h4-7,13H,3,8-11H2,1-2H3,(H,24,25,26,27,28,29). The van der Waals surface area contributed by atoms with E-state index in [0.29, 0.717) is 41.3 Å². The topological polar surface area (TPSA) is 107 Å². The SMILES string of the molecule is CCc1nc(Nc2ncc(C#N)c(-c3ccc(Br)cc3)n2)nc(N2CCN(C)CC2)n1. The van der Waals surface area contributed by atoms with Crippen LogP contribution in [0.5, 0.6) is 0 Å². The van der Waals surface area contributed by atoms with Gasteiger partial charge >= 0.3 is 0 Å². The summed E-state index contributed by atoms with van der Waals surface area (Å²) in [5, 5.41) is 12.6. The fraction of sp³-hybridized carbons (Fsp3) is 0.333. The van der Waals surface area contributed by atoms with Crippen LogP contribution in [0, 0.1) is 11.3 Å². The average molecular weight is 480 g/mol. The fourth-order valence-corrected chi connectivity index (χ4v) is 3.49. The monoisotopic (exact) mass is 479 g/mol. The molecule has 9 nitrogen and oxygen atoms in total. The lowest BCUT2D eigenvalue weighted by atomic mass is 10.1. The van der Waals surface area contributed by atoms with Crippen molar-refractivity contribution in [1.82, 2.24) is 29.8 Å². The summed E-state index contributed by atoms with van der Waals surface area (Å²) >= 11 is 3.43. The fourth-order valence-electron chi connectivity index (χ4n) is 3.22. The Balaban J connectivity index is 1.64. The quantitative estimate of drug-likeness (QED) is 0.590. The van der Waals surface area contributed by atoms with Gasteiger partial charge in [-0.2, -0.15) is 20.2 Å². The van der Waals surface area contributed by atoms with Gasteiger partial charge in [-0.05, 0) is 19.2 Å². The molecule has 0 aliphatic carbocycles. The van der Waals surface area contributed by atoms with Crippen molar-refractivity contribution >= 4 is 33.8 Å². The average Bonchev–Trinajstić information content (AvgIpc) is 2.80. The third-order valence-corrected chi connectivity index (χ3v) is 5.55. The Morgan fingerprint density at radius 3 is 2.45 bits per heavy atom. The van der Waals surface area contributed by atoms with Crippen molar-refractivity contribution in [2.45, 2.75) is 13.3 Å². The number of likely N-dealkylation sites (N-methyl/N-ethyl adjacent to an activating group) is 1. The van der Waals surface area contributed by atoms with Crippen LogP contribution in [-0.4, -0.2) is 63.0 Å². The minimum atomic E-state index is 0.328. The number of anilines is 3. The molecule has 0 amide bonds. The van der Waals surface area contributed by atoms with Crippen LogP contribution in [0.4, 0.5) is 17.8 Å². The highest BCUT2D eigenvalue weighted by atomic mass is 79.9. The second-order valence-electron chi connectivity index (χ2n) is 7.22. The number of nitrogens with one attached hydrogen (secondary N) is 1. The smallest absolute Gasteiger partial charge is 0.234 e. The Bertz CT molecular complexity index is 1100. The lowest BCUT2D eigenvalue weighted by molar-refractivity contribution is 0.311. The predicted octanol–water partition coefficient (Wildman–Crippen LogP) is 3.02. The molecular formula is C21H22BrN9. The van der Waals surface area contributed by atoms with Crippen LogP contribution < -0.4 is 10.2 Å². The van der Waals surface area contributed by atoms with Gasteiger partial charge in [-0.25, -0.2) is 9.97 Å². The maximum absolute atomic E-state index is 9.48. The van der Waals surface area contributed by atoms with E-state index in [-0.39, 0.29) is 0 Å². The van der Waals surface area contributed by atoms with E-state index in [1.807, 2.05) is 31.2 Å². The van der Waals surface area contributed by atoms with E-state index in [4.69, 9.17) is 0 Å². The van der Waals surface area contributed by atoms with Crippen LogP contribution in [0.2, 0.25) is 0 Å². The summed E-state index contributed by atoms with van der Waals surface area (Å²) in [7, 11) is 2.11. The molecule has 0 unspecified atom stereocenters. The Kier molecular flexibility index (Phi) is 6.34. The third kappa shape index (κ3) is 4.95. The van der Waals surface area contributed by atoms with E-state index in [9.17, 15) is 5.26 Å². The van der Waals surface area contributed by atoms with Crippen molar-refractivity contribution in [2.75, 3.05) is 43.4 Å². The molecule has 1 aromatic carbocycles. The first-order valence-corrected chi connectivity index (χ1v) is 10.8. The molecule has 1 aliphatic heterocycles. The molecule has 0 radical (unpaired) electrons. The van der Waals surface area contributed by atoms with Gasteiger partial charge in [0.25, 0.3) is 0 Å². The van der Waals surface area contributed by atoms with Gasteiger partial charge in [0.2, 0.25) is 17.8 Å². The first-order chi connectivity index (χ1) is 15.1. The summed E-state index contributed by atoms with van der Waals surface area (Å²) in [5.74, 6) is 2.08. The summed E-state index contributed by atoms with van der Waals surface area (Å²) in [6.45, 7) is 5.67. The van der Waals surface area contributed by atoms with Crippen LogP contribution in [0.3, 0.4) is 0 Å². The molecule has 0 saturated carbocycles. The maximum atomic E-state index is 9.48. The van der Waals surface area contributed by atoms with Crippen LogP contribution in [-0.2, 0) is 6.42 Å². The molecule has 31 heavy (non-hydrogen) atoms. The number of nitriles is 1. The van der Waals surface area contributed by atoms with E-state index in [1.54, 1.807) is 0 Å². The minimum Gasteiger partial charge on any atom is -0.338 e. The molecule has 1 fully saturated rings. The van der Waals surface area contributed by atoms with Crippen LogP contribution in [0.25, 0.3) is 11.3 Å². The van der Waals surface area contributed by atoms with Gasteiger partial charge in [-0.1, -0.05) is 35.0 Å².